The van der Waals surface area contributed by atoms with E-state index in [9.17, 15) is 25.5 Å². The Kier molecular flexibility index (Phi) is 6.39. The van der Waals surface area contributed by atoms with Crippen molar-refractivity contribution in [1.82, 2.24) is 0 Å². The van der Waals surface area contributed by atoms with E-state index in [4.69, 9.17) is 9.47 Å². The number of hydrogen-bond acceptors (Lipinski definition) is 7. The summed E-state index contributed by atoms with van der Waals surface area (Å²) in [6.07, 6.45) is 2.41. The van der Waals surface area contributed by atoms with Crippen LogP contribution in [0, 0.1) is 0 Å². The molecule has 8 rings (SSSR count). The Morgan fingerprint density at radius 1 is 0.568 bits per heavy atom. The fourth-order valence-electron chi connectivity index (χ4n) is 6.53. The molecule has 5 aromatic carbocycles. The molecule has 0 unspecified atom stereocenters. The van der Waals surface area contributed by atoms with Crippen molar-refractivity contribution in [1.29, 1.82) is 0 Å². The topological polar surface area (TPSA) is 120 Å². The molecule has 3 aliphatic rings. The number of aromatic hydroxyl groups is 5. The highest BCUT2D eigenvalue weighted by molar-refractivity contribution is 6.14. The van der Waals surface area contributed by atoms with Crippen molar-refractivity contribution in [2.45, 2.75) is 19.3 Å². The van der Waals surface area contributed by atoms with E-state index in [-0.39, 0.29) is 17.2 Å². The highest BCUT2D eigenvalue weighted by atomic mass is 16.5. The monoisotopic (exact) mass is 586 g/mol. The average Bonchev–Trinajstić information content (AvgIpc) is 3.46. The maximum Gasteiger partial charge on any atom is 0.131 e. The third-order valence-electron chi connectivity index (χ3n) is 8.62. The first kappa shape index (κ1) is 27.3. The summed E-state index contributed by atoms with van der Waals surface area (Å²) in [4.78, 5) is 0. The lowest BCUT2D eigenvalue weighted by Gasteiger charge is -2.22. The minimum atomic E-state index is 0.145. The number of rotatable bonds is 4. The second-order valence-electron chi connectivity index (χ2n) is 11.2. The molecule has 5 N–H and O–H groups in total. The molecule has 7 nitrogen and oxygen atoms in total. The van der Waals surface area contributed by atoms with Crippen LogP contribution in [0.4, 0.5) is 0 Å². The number of benzene rings is 6. The van der Waals surface area contributed by atoms with E-state index >= 15 is 0 Å². The molecule has 0 saturated heterocycles. The van der Waals surface area contributed by atoms with Crippen LogP contribution in [-0.2, 0) is 19.3 Å². The first-order valence-electron chi connectivity index (χ1n) is 14.3. The van der Waals surface area contributed by atoms with Crippen LogP contribution >= 0.6 is 0 Å². The van der Waals surface area contributed by atoms with Gasteiger partial charge in [-0.15, -0.1) is 0 Å². The van der Waals surface area contributed by atoms with Crippen molar-refractivity contribution in [3.8, 4) is 62.5 Å². The SMILES string of the molecule is COc1cc(O)cc2ccc3cc(O)cc(OC)c3c12.Oc1ccc(Cc2c(O)ccc3c2CCc2c-3cc3c(O)c2-3)cc1. The fourth-order valence-corrected chi connectivity index (χ4v) is 6.53. The van der Waals surface area contributed by atoms with E-state index < -0.39 is 0 Å². The van der Waals surface area contributed by atoms with E-state index in [2.05, 4.69) is 6.07 Å². The van der Waals surface area contributed by atoms with Crippen LogP contribution in [0.25, 0.3) is 43.8 Å². The van der Waals surface area contributed by atoms with Gasteiger partial charge in [-0.05, 0) is 87.8 Å². The molecule has 5 aromatic rings. The van der Waals surface area contributed by atoms with Crippen LogP contribution in [0.2, 0.25) is 0 Å². The Morgan fingerprint density at radius 3 is 1.75 bits per heavy atom. The molecule has 0 radical (unpaired) electrons. The van der Waals surface area contributed by atoms with Crippen LogP contribution in [0.15, 0.2) is 78.9 Å². The highest BCUT2D eigenvalue weighted by Gasteiger charge is 2.35. The number of ether oxygens (including phenoxy) is 2. The Bertz CT molecular complexity index is 2040. The Hall–Kier alpha value is -5.56. The van der Waals surface area contributed by atoms with E-state index in [0.717, 1.165) is 56.6 Å². The summed E-state index contributed by atoms with van der Waals surface area (Å²) >= 11 is 0. The van der Waals surface area contributed by atoms with Crippen molar-refractivity contribution in [3.63, 3.8) is 0 Å². The molecule has 0 atom stereocenters. The predicted octanol–water partition coefficient (Wildman–Crippen LogP) is 7.56. The molecule has 44 heavy (non-hydrogen) atoms. The van der Waals surface area contributed by atoms with Crippen molar-refractivity contribution in [2.24, 2.45) is 0 Å². The van der Waals surface area contributed by atoms with Crippen molar-refractivity contribution >= 4 is 21.5 Å². The minimum absolute atomic E-state index is 0.145. The minimum Gasteiger partial charge on any atom is -0.508 e. The Labute approximate surface area is 253 Å². The van der Waals surface area contributed by atoms with E-state index in [0.29, 0.717) is 29.4 Å². The smallest absolute Gasteiger partial charge is 0.131 e. The van der Waals surface area contributed by atoms with Gasteiger partial charge in [0.05, 0.1) is 14.2 Å². The summed E-state index contributed by atoms with van der Waals surface area (Å²) in [5, 5.41) is 52.4. The molecule has 0 bridgehead atoms. The summed E-state index contributed by atoms with van der Waals surface area (Å²) in [5.41, 5.74) is 8.86. The van der Waals surface area contributed by atoms with Crippen LogP contribution in [0.1, 0.15) is 22.3 Å². The van der Waals surface area contributed by atoms with Gasteiger partial charge >= 0.3 is 0 Å². The van der Waals surface area contributed by atoms with Crippen LogP contribution in [-0.4, -0.2) is 39.8 Å². The normalized spacial score (nSPS) is 12.2. The van der Waals surface area contributed by atoms with Gasteiger partial charge in [0.1, 0.15) is 40.2 Å². The van der Waals surface area contributed by atoms with E-state index in [1.807, 2.05) is 30.3 Å². The van der Waals surface area contributed by atoms with Gasteiger partial charge in [-0.2, -0.15) is 0 Å². The van der Waals surface area contributed by atoms with Crippen molar-refractivity contribution in [2.75, 3.05) is 14.2 Å². The molecule has 220 valence electrons. The second kappa shape index (κ2) is 10.3. The molecule has 0 spiro atoms. The Morgan fingerprint density at radius 2 is 1.16 bits per heavy atom. The van der Waals surface area contributed by atoms with Gasteiger partial charge in [-0.1, -0.05) is 30.3 Å². The maximum absolute atomic E-state index is 10.4. The molecular weight excluding hydrogens is 556 g/mol. The van der Waals surface area contributed by atoms with Gasteiger partial charge in [0.2, 0.25) is 0 Å². The zero-order chi connectivity index (χ0) is 30.7. The summed E-state index contributed by atoms with van der Waals surface area (Å²) in [6, 6.07) is 23.2. The summed E-state index contributed by atoms with van der Waals surface area (Å²) in [5.74, 6) is 2.45. The molecule has 0 aromatic heterocycles. The lowest BCUT2D eigenvalue weighted by molar-refractivity contribution is 0.409. The quantitative estimate of drug-likeness (QED) is 0.135. The largest absolute Gasteiger partial charge is 0.508 e. The van der Waals surface area contributed by atoms with Gasteiger partial charge < -0.3 is 35.0 Å². The number of hydrogen-bond donors (Lipinski definition) is 5. The summed E-state index contributed by atoms with van der Waals surface area (Å²) < 4.78 is 10.7. The first-order valence-corrected chi connectivity index (χ1v) is 14.3. The average molecular weight is 587 g/mol. The van der Waals surface area contributed by atoms with Gasteiger partial charge in [-0.3, -0.25) is 0 Å². The molecule has 0 aliphatic heterocycles. The zero-order valence-corrected chi connectivity index (χ0v) is 24.2. The van der Waals surface area contributed by atoms with Gasteiger partial charge in [0.15, 0.2) is 0 Å². The summed E-state index contributed by atoms with van der Waals surface area (Å²) in [7, 11) is 3.11. The summed E-state index contributed by atoms with van der Waals surface area (Å²) in [6.45, 7) is 0. The molecular formula is C37H30O7. The third kappa shape index (κ3) is 4.45. The number of methoxy groups -OCH3 is 2. The molecule has 7 heteroatoms. The van der Waals surface area contributed by atoms with Crippen molar-refractivity contribution < 1.29 is 35.0 Å². The first-order chi connectivity index (χ1) is 21.3. The van der Waals surface area contributed by atoms with E-state index in [1.165, 1.54) is 22.3 Å². The van der Waals surface area contributed by atoms with Gasteiger partial charge in [-0.25, -0.2) is 0 Å². The zero-order valence-electron chi connectivity index (χ0n) is 24.2. The lowest BCUT2D eigenvalue weighted by atomic mass is 9.83. The van der Waals surface area contributed by atoms with Crippen LogP contribution in [0.5, 0.6) is 40.2 Å². The second-order valence-corrected chi connectivity index (χ2v) is 11.2. The molecule has 3 aliphatic carbocycles. The lowest BCUT2D eigenvalue weighted by Crippen LogP contribution is -2.06. The molecule has 0 amide bonds. The molecule has 0 heterocycles. The van der Waals surface area contributed by atoms with Gasteiger partial charge in [0, 0.05) is 46.0 Å². The number of phenolic OH excluding ortho intramolecular Hbond substituents is 5. The van der Waals surface area contributed by atoms with Crippen molar-refractivity contribution in [3.05, 3.63) is 101 Å². The van der Waals surface area contributed by atoms with Crippen LogP contribution in [0.3, 0.4) is 0 Å². The predicted molar refractivity (Wildman–Crippen MR) is 170 cm³/mol. The van der Waals surface area contributed by atoms with E-state index in [1.54, 1.807) is 56.7 Å². The number of phenols is 5. The standard InChI is InChI=1S/C21H16O3.C16H14O4/c22-12-3-1-11(2-4-12)9-17-14-5-6-15-16(10-18-20(15)21(18)24)13(14)7-8-19(17)23;1-19-13-7-11(17)5-9-3-4-10-6-12(18)8-14(20-2)16(10)15(9)13/h1-4,7-8,10,22-24H,5-6,9H2;3-8,17-18H,1-2H3. The number of fused-ring (bicyclic) bond motifs is 8. The Balaban J connectivity index is 0.000000145. The fraction of sp³-hybridized carbons (Fsp3) is 0.135. The molecule has 0 fully saturated rings. The highest BCUT2D eigenvalue weighted by Crippen LogP contribution is 2.59. The maximum atomic E-state index is 10.4. The third-order valence-corrected chi connectivity index (χ3v) is 8.62. The van der Waals surface area contributed by atoms with Gasteiger partial charge in [0.25, 0.3) is 0 Å². The van der Waals surface area contributed by atoms with Crippen LogP contribution < -0.4 is 9.47 Å². The molecule has 0 saturated carbocycles.